The summed E-state index contributed by atoms with van der Waals surface area (Å²) in [5.74, 6) is 1.19. The Bertz CT molecular complexity index is 1540. The SMILES string of the molecule is CCOc1cc(/C=C2\SC(=S)N(c3ccc(C)cc3C)C2=O)ccc1OCc1cccc2ccccc12. The molecule has 186 valence electrons. The van der Waals surface area contributed by atoms with Crippen LogP contribution in [0.25, 0.3) is 16.8 Å². The largest absolute Gasteiger partial charge is 0.490 e. The number of carbonyl (C=O) groups excluding carboxylic acids is 1. The Morgan fingerprint density at radius 3 is 2.54 bits per heavy atom. The summed E-state index contributed by atoms with van der Waals surface area (Å²) < 4.78 is 12.6. The molecule has 6 heteroatoms. The Labute approximate surface area is 226 Å². The highest BCUT2D eigenvalue weighted by atomic mass is 32.2. The standard InChI is InChI=1S/C31H27NO3S2/c1-4-34-28-17-22(13-15-27(28)35-19-24-10-7-9-23-8-5-6-11-25(23)24)18-29-30(33)32(31(36)37-29)26-14-12-20(2)16-21(26)3/h5-18H,4,19H2,1-3H3/b29-18-. The first-order valence-electron chi connectivity index (χ1n) is 12.2. The number of carbonyl (C=O) groups is 1. The van der Waals surface area contributed by atoms with Crippen LogP contribution in [0.4, 0.5) is 5.69 Å². The fourth-order valence-electron chi connectivity index (χ4n) is 4.46. The molecule has 0 saturated carbocycles. The number of aryl methyl sites for hydroxylation is 2. The third kappa shape index (κ3) is 5.26. The molecule has 0 bridgehead atoms. The molecule has 1 saturated heterocycles. The number of ether oxygens (including phenoxy) is 2. The van der Waals surface area contributed by atoms with Gasteiger partial charge in [0.2, 0.25) is 0 Å². The Hall–Kier alpha value is -3.61. The van der Waals surface area contributed by atoms with Gasteiger partial charge in [0, 0.05) is 0 Å². The maximum Gasteiger partial charge on any atom is 0.270 e. The number of rotatable bonds is 7. The van der Waals surface area contributed by atoms with Crippen LogP contribution in [0.15, 0.2) is 83.8 Å². The van der Waals surface area contributed by atoms with Gasteiger partial charge in [-0.3, -0.25) is 9.69 Å². The summed E-state index contributed by atoms with van der Waals surface area (Å²) in [6.07, 6.45) is 1.86. The zero-order valence-corrected chi connectivity index (χ0v) is 22.6. The van der Waals surface area contributed by atoms with E-state index >= 15 is 0 Å². The summed E-state index contributed by atoms with van der Waals surface area (Å²) in [7, 11) is 0. The number of thiocarbonyl (C=S) groups is 1. The van der Waals surface area contributed by atoms with Crippen molar-refractivity contribution in [3.8, 4) is 11.5 Å². The van der Waals surface area contributed by atoms with Gasteiger partial charge in [-0.15, -0.1) is 0 Å². The van der Waals surface area contributed by atoms with Gasteiger partial charge in [0.1, 0.15) is 6.61 Å². The highest BCUT2D eigenvalue weighted by Gasteiger charge is 2.34. The van der Waals surface area contributed by atoms with Crippen LogP contribution in [0.3, 0.4) is 0 Å². The smallest absolute Gasteiger partial charge is 0.270 e. The highest BCUT2D eigenvalue weighted by molar-refractivity contribution is 8.27. The van der Waals surface area contributed by atoms with Gasteiger partial charge in [-0.1, -0.05) is 90.2 Å². The number of hydrogen-bond acceptors (Lipinski definition) is 5. The molecule has 1 heterocycles. The van der Waals surface area contributed by atoms with Crippen molar-refractivity contribution in [2.45, 2.75) is 27.4 Å². The van der Waals surface area contributed by atoms with Gasteiger partial charge in [0.05, 0.1) is 17.2 Å². The minimum atomic E-state index is -0.115. The lowest BCUT2D eigenvalue weighted by atomic mass is 10.1. The molecule has 1 amide bonds. The van der Waals surface area contributed by atoms with Gasteiger partial charge in [0.25, 0.3) is 5.91 Å². The van der Waals surface area contributed by atoms with Crippen LogP contribution in [0.2, 0.25) is 0 Å². The molecule has 1 aliphatic heterocycles. The molecule has 4 nitrogen and oxygen atoms in total. The van der Waals surface area contributed by atoms with Crippen molar-refractivity contribution in [2.24, 2.45) is 0 Å². The van der Waals surface area contributed by atoms with E-state index in [2.05, 4.69) is 30.3 Å². The molecule has 1 aliphatic rings. The maximum atomic E-state index is 13.3. The van der Waals surface area contributed by atoms with Crippen molar-refractivity contribution in [3.05, 3.63) is 106 Å². The Morgan fingerprint density at radius 2 is 1.73 bits per heavy atom. The first-order valence-corrected chi connectivity index (χ1v) is 13.4. The fourth-order valence-corrected chi connectivity index (χ4v) is 5.74. The Kier molecular flexibility index (Phi) is 7.31. The molecule has 0 N–H and O–H groups in total. The van der Waals surface area contributed by atoms with E-state index in [0.29, 0.717) is 33.9 Å². The molecule has 1 fully saturated rings. The Morgan fingerprint density at radius 1 is 0.919 bits per heavy atom. The highest BCUT2D eigenvalue weighted by Crippen LogP contribution is 2.38. The summed E-state index contributed by atoms with van der Waals surface area (Å²) in [5, 5.41) is 2.35. The summed E-state index contributed by atoms with van der Waals surface area (Å²) >= 11 is 6.88. The summed E-state index contributed by atoms with van der Waals surface area (Å²) in [4.78, 5) is 15.5. The Balaban J connectivity index is 1.39. The van der Waals surface area contributed by atoms with E-state index in [1.165, 1.54) is 22.5 Å². The third-order valence-electron chi connectivity index (χ3n) is 6.22. The van der Waals surface area contributed by atoms with Crippen LogP contribution in [0.1, 0.15) is 29.2 Å². The first-order chi connectivity index (χ1) is 17.9. The van der Waals surface area contributed by atoms with Crippen LogP contribution >= 0.6 is 24.0 Å². The van der Waals surface area contributed by atoms with Crippen molar-refractivity contribution in [1.29, 1.82) is 0 Å². The van der Waals surface area contributed by atoms with Crippen LogP contribution in [0.5, 0.6) is 11.5 Å². The molecule has 0 aromatic heterocycles. The predicted molar refractivity (Wildman–Crippen MR) is 157 cm³/mol. The molecule has 0 aliphatic carbocycles. The first kappa shape index (κ1) is 25.1. The number of fused-ring (bicyclic) bond motifs is 1. The predicted octanol–water partition coefficient (Wildman–Crippen LogP) is 7.84. The van der Waals surface area contributed by atoms with Crippen molar-refractivity contribution in [2.75, 3.05) is 11.5 Å². The van der Waals surface area contributed by atoms with Crippen LogP contribution in [0, 0.1) is 13.8 Å². The van der Waals surface area contributed by atoms with Crippen molar-refractivity contribution in [1.82, 2.24) is 0 Å². The molecule has 4 aromatic carbocycles. The lowest BCUT2D eigenvalue weighted by molar-refractivity contribution is -0.113. The second-order valence-electron chi connectivity index (χ2n) is 8.87. The van der Waals surface area contributed by atoms with Gasteiger partial charge in [0.15, 0.2) is 15.8 Å². The quantitative estimate of drug-likeness (QED) is 0.182. The summed E-state index contributed by atoms with van der Waals surface area (Å²) in [5.41, 5.74) is 4.95. The minimum absolute atomic E-state index is 0.115. The normalized spacial score (nSPS) is 14.6. The maximum absolute atomic E-state index is 13.3. The van der Waals surface area contributed by atoms with Crippen LogP contribution < -0.4 is 14.4 Å². The lowest BCUT2D eigenvalue weighted by Crippen LogP contribution is -2.28. The number of hydrogen-bond donors (Lipinski definition) is 0. The molecule has 0 atom stereocenters. The number of anilines is 1. The topological polar surface area (TPSA) is 38.8 Å². The van der Waals surface area contributed by atoms with E-state index in [1.807, 2.05) is 75.4 Å². The van der Waals surface area contributed by atoms with E-state index in [0.717, 1.165) is 27.9 Å². The van der Waals surface area contributed by atoms with Crippen molar-refractivity contribution in [3.63, 3.8) is 0 Å². The second-order valence-corrected chi connectivity index (χ2v) is 10.5. The van der Waals surface area contributed by atoms with Gasteiger partial charge in [-0.2, -0.15) is 0 Å². The van der Waals surface area contributed by atoms with E-state index in [-0.39, 0.29) is 5.91 Å². The van der Waals surface area contributed by atoms with Gasteiger partial charge >= 0.3 is 0 Å². The lowest BCUT2D eigenvalue weighted by Gasteiger charge is -2.17. The number of thioether (sulfide) groups is 1. The third-order valence-corrected chi connectivity index (χ3v) is 7.52. The minimum Gasteiger partial charge on any atom is -0.490 e. The van der Waals surface area contributed by atoms with E-state index in [9.17, 15) is 4.79 Å². The molecule has 4 aromatic rings. The molecule has 5 rings (SSSR count). The fraction of sp³-hybridized carbons (Fsp3) is 0.161. The molecular formula is C31H27NO3S2. The average Bonchev–Trinajstić information content (AvgIpc) is 3.16. The second kappa shape index (κ2) is 10.8. The van der Waals surface area contributed by atoms with Gasteiger partial charge in [-0.05, 0) is 72.5 Å². The van der Waals surface area contributed by atoms with E-state index in [4.69, 9.17) is 21.7 Å². The van der Waals surface area contributed by atoms with Crippen LogP contribution in [-0.2, 0) is 11.4 Å². The summed E-state index contributed by atoms with van der Waals surface area (Å²) in [6.45, 7) is 6.90. The number of benzene rings is 4. The van der Waals surface area contributed by atoms with Crippen LogP contribution in [-0.4, -0.2) is 16.8 Å². The van der Waals surface area contributed by atoms with Crippen molar-refractivity contribution < 1.29 is 14.3 Å². The molecule has 0 radical (unpaired) electrons. The molecule has 0 spiro atoms. The number of nitrogens with zero attached hydrogens (tertiary/aromatic N) is 1. The molecule has 0 unspecified atom stereocenters. The van der Waals surface area contributed by atoms with E-state index in [1.54, 1.807) is 4.90 Å². The van der Waals surface area contributed by atoms with E-state index < -0.39 is 0 Å². The summed E-state index contributed by atoms with van der Waals surface area (Å²) in [6, 6.07) is 26.2. The monoisotopic (exact) mass is 525 g/mol. The van der Waals surface area contributed by atoms with Gasteiger partial charge < -0.3 is 9.47 Å². The van der Waals surface area contributed by atoms with Gasteiger partial charge in [-0.25, -0.2) is 0 Å². The molecule has 37 heavy (non-hydrogen) atoms. The zero-order valence-electron chi connectivity index (χ0n) is 21.0. The van der Waals surface area contributed by atoms with Crippen molar-refractivity contribution >= 4 is 56.7 Å². The average molecular weight is 526 g/mol. The molecular weight excluding hydrogens is 498 g/mol. The zero-order chi connectivity index (χ0) is 25.9. The number of amides is 1.